The summed E-state index contributed by atoms with van der Waals surface area (Å²) in [5.74, 6) is 1.18. The molecule has 154 valence electrons. The van der Waals surface area contributed by atoms with E-state index in [4.69, 9.17) is 4.74 Å². The third-order valence-corrected chi connectivity index (χ3v) is 6.64. The lowest BCUT2D eigenvalue weighted by Gasteiger charge is -2.34. The summed E-state index contributed by atoms with van der Waals surface area (Å²) in [6.07, 6.45) is 7.93. The smallest absolute Gasteiger partial charge is 0.305 e. The Kier molecular flexibility index (Phi) is 7.49. The second-order valence-electron chi connectivity index (χ2n) is 8.35. The topological polar surface area (TPSA) is 58.6 Å². The maximum absolute atomic E-state index is 12.9. The summed E-state index contributed by atoms with van der Waals surface area (Å²) in [5.41, 5.74) is 2.14. The van der Waals surface area contributed by atoms with Crippen LogP contribution in [0.4, 0.5) is 0 Å². The van der Waals surface area contributed by atoms with E-state index < -0.39 is 0 Å². The maximum Gasteiger partial charge on any atom is 0.305 e. The Bertz CT molecular complexity index is 644. The van der Waals surface area contributed by atoms with Crippen molar-refractivity contribution >= 4 is 11.9 Å². The molecule has 1 aromatic rings. The van der Waals surface area contributed by atoms with Crippen LogP contribution in [-0.2, 0) is 9.53 Å². The van der Waals surface area contributed by atoms with E-state index in [1.807, 2.05) is 24.1 Å². The molecule has 0 atom stereocenters. The second-order valence-corrected chi connectivity index (χ2v) is 8.35. The number of methoxy groups -OCH3 is 1. The van der Waals surface area contributed by atoms with E-state index in [9.17, 15) is 9.59 Å². The van der Waals surface area contributed by atoms with Gasteiger partial charge in [0.1, 0.15) is 0 Å². The molecular formula is C23H34N2O3. The normalized spacial score (nSPS) is 23.2. The highest BCUT2D eigenvalue weighted by atomic mass is 16.5. The number of benzene rings is 1. The van der Waals surface area contributed by atoms with Gasteiger partial charge in [0.15, 0.2) is 0 Å². The Labute approximate surface area is 168 Å². The maximum atomic E-state index is 12.9. The molecule has 1 saturated heterocycles. The summed E-state index contributed by atoms with van der Waals surface area (Å²) in [5, 5.41) is 3.40. The Morgan fingerprint density at radius 1 is 1.04 bits per heavy atom. The molecule has 0 bridgehead atoms. The molecule has 5 heteroatoms. The third kappa shape index (κ3) is 5.34. The fraction of sp³-hybridized carbons (Fsp3) is 0.652. The third-order valence-electron chi connectivity index (χ3n) is 6.64. The van der Waals surface area contributed by atoms with Crippen molar-refractivity contribution in [3.63, 3.8) is 0 Å². The summed E-state index contributed by atoms with van der Waals surface area (Å²) in [6, 6.07) is 8.57. The van der Waals surface area contributed by atoms with E-state index in [-0.39, 0.29) is 11.9 Å². The number of hydrogen-bond donors (Lipinski definition) is 1. The van der Waals surface area contributed by atoms with Crippen LogP contribution in [0.25, 0.3) is 0 Å². The molecule has 0 radical (unpaired) electrons. The molecule has 28 heavy (non-hydrogen) atoms. The Balaban J connectivity index is 1.49. The number of piperidine rings is 1. The van der Waals surface area contributed by atoms with E-state index in [1.54, 1.807) is 0 Å². The van der Waals surface area contributed by atoms with Gasteiger partial charge in [0.25, 0.3) is 5.91 Å². The lowest BCUT2D eigenvalue weighted by atomic mass is 9.83. The van der Waals surface area contributed by atoms with Crippen LogP contribution < -0.4 is 5.32 Å². The van der Waals surface area contributed by atoms with Gasteiger partial charge in [0, 0.05) is 25.1 Å². The first-order chi connectivity index (χ1) is 13.6. The molecule has 1 N–H and O–H groups in total. The summed E-state index contributed by atoms with van der Waals surface area (Å²) in [6.45, 7) is 2.16. The van der Waals surface area contributed by atoms with Crippen molar-refractivity contribution in [2.45, 2.75) is 63.3 Å². The van der Waals surface area contributed by atoms with Crippen molar-refractivity contribution in [1.29, 1.82) is 0 Å². The van der Waals surface area contributed by atoms with Crippen LogP contribution in [0.5, 0.6) is 0 Å². The number of carbonyl (C=O) groups is 2. The summed E-state index contributed by atoms with van der Waals surface area (Å²) in [4.78, 5) is 26.2. The van der Waals surface area contributed by atoms with Crippen LogP contribution in [-0.4, -0.2) is 50.1 Å². The van der Waals surface area contributed by atoms with Gasteiger partial charge in [-0.15, -0.1) is 0 Å². The summed E-state index contributed by atoms with van der Waals surface area (Å²) < 4.78 is 4.73. The van der Waals surface area contributed by atoms with Gasteiger partial charge in [-0.2, -0.15) is 0 Å². The van der Waals surface area contributed by atoms with E-state index in [0.717, 1.165) is 50.8 Å². The van der Waals surface area contributed by atoms with Crippen LogP contribution in [0.2, 0.25) is 0 Å². The average Bonchev–Trinajstić information content (AvgIpc) is 2.77. The predicted octanol–water partition coefficient (Wildman–Crippen LogP) is 3.74. The number of nitrogens with zero attached hydrogens (tertiary/aromatic N) is 1. The first kappa shape index (κ1) is 20.8. The number of esters is 1. The quantitative estimate of drug-likeness (QED) is 0.757. The van der Waals surface area contributed by atoms with Gasteiger partial charge in [-0.25, -0.2) is 0 Å². The summed E-state index contributed by atoms with van der Waals surface area (Å²) >= 11 is 0. The number of nitrogens with one attached hydrogen (secondary N) is 1. The van der Waals surface area contributed by atoms with Crippen LogP contribution in [0.15, 0.2) is 24.3 Å². The van der Waals surface area contributed by atoms with Gasteiger partial charge in [-0.05, 0) is 87.6 Å². The zero-order valence-corrected chi connectivity index (χ0v) is 17.3. The predicted molar refractivity (Wildman–Crippen MR) is 110 cm³/mol. The number of ether oxygens (including phenoxy) is 1. The van der Waals surface area contributed by atoms with Crippen LogP contribution in [0.1, 0.15) is 73.2 Å². The highest BCUT2D eigenvalue weighted by Gasteiger charge is 2.27. The Morgan fingerprint density at radius 3 is 2.29 bits per heavy atom. The minimum absolute atomic E-state index is 0.120. The largest absolute Gasteiger partial charge is 0.469 e. The molecule has 1 aromatic carbocycles. The van der Waals surface area contributed by atoms with Gasteiger partial charge < -0.3 is 15.0 Å². The van der Waals surface area contributed by atoms with E-state index in [0.29, 0.717) is 24.3 Å². The van der Waals surface area contributed by atoms with Crippen molar-refractivity contribution in [3.8, 4) is 0 Å². The Morgan fingerprint density at radius 2 is 1.68 bits per heavy atom. The van der Waals surface area contributed by atoms with Crippen molar-refractivity contribution < 1.29 is 14.3 Å². The van der Waals surface area contributed by atoms with Crippen molar-refractivity contribution in [2.24, 2.45) is 5.92 Å². The fourth-order valence-electron chi connectivity index (χ4n) is 4.67. The molecule has 5 nitrogen and oxygen atoms in total. The molecule has 1 saturated carbocycles. The first-order valence-electron chi connectivity index (χ1n) is 10.7. The number of carbonyl (C=O) groups excluding carboxylic acids is 2. The molecule has 0 aromatic heterocycles. The monoisotopic (exact) mass is 386 g/mol. The number of hydrogen-bond acceptors (Lipinski definition) is 4. The molecule has 1 aliphatic carbocycles. The molecule has 1 aliphatic heterocycles. The second kappa shape index (κ2) is 10.1. The lowest BCUT2D eigenvalue weighted by Crippen LogP contribution is -2.39. The number of rotatable bonds is 6. The standard InChI is InChI=1S/C23H34N2O3/c1-25(21-10-3-17(4-11-21)5-12-22(26)28-2)23(27)20-8-6-18(7-9-20)19-13-15-24-16-14-19/h6-9,17,19,21,24H,3-5,10-16H2,1-2H3. The van der Waals surface area contributed by atoms with Crippen molar-refractivity contribution in [2.75, 3.05) is 27.2 Å². The highest BCUT2D eigenvalue weighted by Crippen LogP contribution is 2.31. The summed E-state index contributed by atoms with van der Waals surface area (Å²) in [7, 11) is 3.38. The molecule has 2 aliphatic rings. The molecular weight excluding hydrogens is 352 g/mol. The molecule has 0 unspecified atom stereocenters. The highest BCUT2D eigenvalue weighted by molar-refractivity contribution is 5.94. The minimum Gasteiger partial charge on any atom is -0.469 e. The van der Waals surface area contributed by atoms with E-state index in [2.05, 4.69) is 17.4 Å². The Hall–Kier alpha value is -1.88. The average molecular weight is 387 g/mol. The number of amides is 1. The molecule has 0 spiro atoms. The van der Waals surface area contributed by atoms with E-state index in [1.165, 1.54) is 25.5 Å². The van der Waals surface area contributed by atoms with Gasteiger partial charge >= 0.3 is 5.97 Å². The first-order valence-corrected chi connectivity index (χ1v) is 10.7. The van der Waals surface area contributed by atoms with Crippen molar-refractivity contribution in [3.05, 3.63) is 35.4 Å². The SMILES string of the molecule is COC(=O)CCC1CCC(N(C)C(=O)c2ccc(C3CCNCC3)cc2)CC1. The minimum atomic E-state index is -0.123. The van der Waals surface area contributed by atoms with Gasteiger partial charge in [-0.3, -0.25) is 9.59 Å². The van der Waals surface area contributed by atoms with Gasteiger partial charge in [0.2, 0.25) is 0 Å². The molecule has 3 rings (SSSR count). The molecule has 2 fully saturated rings. The van der Waals surface area contributed by atoms with E-state index >= 15 is 0 Å². The lowest BCUT2D eigenvalue weighted by molar-refractivity contribution is -0.141. The van der Waals surface area contributed by atoms with Crippen molar-refractivity contribution in [1.82, 2.24) is 10.2 Å². The zero-order chi connectivity index (χ0) is 19.9. The van der Waals surface area contributed by atoms with Crippen LogP contribution in [0, 0.1) is 5.92 Å². The van der Waals surface area contributed by atoms with Crippen LogP contribution in [0.3, 0.4) is 0 Å². The van der Waals surface area contributed by atoms with Gasteiger partial charge in [0.05, 0.1) is 7.11 Å². The van der Waals surface area contributed by atoms with Gasteiger partial charge in [-0.1, -0.05) is 12.1 Å². The molecule has 1 amide bonds. The molecule has 1 heterocycles. The van der Waals surface area contributed by atoms with Crippen LogP contribution >= 0.6 is 0 Å². The zero-order valence-electron chi connectivity index (χ0n) is 17.3. The fourth-order valence-corrected chi connectivity index (χ4v) is 4.67.